The zero-order chi connectivity index (χ0) is 20.3. The van der Waals surface area contributed by atoms with Crippen LogP contribution in [0.1, 0.15) is 28.9 Å². The fourth-order valence-corrected chi connectivity index (χ4v) is 3.87. The van der Waals surface area contributed by atoms with Gasteiger partial charge in [-0.2, -0.15) is 0 Å². The van der Waals surface area contributed by atoms with E-state index < -0.39 is 22.8 Å². The van der Waals surface area contributed by atoms with Crippen molar-refractivity contribution >= 4 is 40.1 Å². The largest absolute Gasteiger partial charge is 0.487 e. The van der Waals surface area contributed by atoms with Crippen molar-refractivity contribution in [2.24, 2.45) is 4.99 Å². The van der Waals surface area contributed by atoms with Crippen molar-refractivity contribution < 1.29 is 19.0 Å². The molecule has 0 bridgehead atoms. The van der Waals surface area contributed by atoms with E-state index in [0.717, 1.165) is 17.3 Å². The average molecular weight is 393 g/mol. The Morgan fingerprint density at radius 1 is 1.41 bits per heavy atom. The number of para-hydroxylation sites is 1. The molecular formula is C21H16FN3O4. The Labute approximate surface area is 164 Å². The number of ether oxygens (including phenoxy) is 1. The van der Waals surface area contributed by atoms with Crippen LogP contribution < -0.4 is 15.5 Å². The molecule has 8 heteroatoms. The van der Waals surface area contributed by atoms with Crippen LogP contribution in [0.5, 0.6) is 5.75 Å². The summed E-state index contributed by atoms with van der Waals surface area (Å²) in [6.45, 7) is 2.06. The van der Waals surface area contributed by atoms with Crippen molar-refractivity contribution in [2.45, 2.75) is 19.4 Å². The first-order valence-electron chi connectivity index (χ1n) is 9.14. The fourth-order valence-electron chi connectivity index (χ4n) is 3.87. The van der Waals surface area contributed by atoms with Gasteiger partial charge in [0.05, 0.1) is 28.3 Å². The van der Waals surface area contributed by atoms with Crippen molar-refractivity contribution in [3.8, 4) is 5.75 Å². The molecule has 0 aliphatic carbocycles. The molecule has 2 N–H and O–H groups in total. The number of carboxylic acid groups (broad SMARTS) is 1. The number of aliphatic imine (C=N–C) groups is 1. The summed E-state index contributed by atoms with van der Waals surface area (Å²) in [6.07, 6.45) is 3.80. The van der Waals surface area contributed by atoms with Crippen LogP contribution in [0.25, 0.3) is 10.9 Å². The van der Waals surface area contributed by atoms with Gasteiger partial charge in [-0.3, -0.25) is 9.79 Å². The van der Waals surface area contributed by atoms with E-state index in [1.165, 1.54) is 6.20 Å². The van der Waals surface area contributed by atoms with Crippen LogP contribution >= 0.6 is 0 Å². The van der Waals surface area contributed by atoms with Gasteiger partial charge in [0.2, 0.25) is 5.43 Å². The lowest BCUT2D eigenvalue weighted by molar-refractivity contribution is 0.0694. The van der Waals surface area contributed by atoms with E-state index in [1.54, 1.807) is 16.8 Å². The highest BCUT2D eigenvalue weighted by Crippen LogP contribution is 2.43. The number of nitrogens with zero attached hydrogens (tertiary/aromatic N) is 2. The second-order valence-electron chi connectivity index (χ2n) is 7.16. The number of hydrogen-bond donors (Lipinski definition) is 2. The molecule has 0 saturated carbocycles. The van der Waals surface area contributed by atoms with Gasteiger partial charge in [-0.1, -0.05) is 12.1 Å². The minimum atomic E-state index is -1.35. The fraction of sp³-hybridized carbons (Fsp3) is 0.190. The average Bonchev–Trinajstić information content (AvgIpc) is 3.17. The molecule has 29 heavy (non-hydrogen) atoms. The highest BCUT2D eigenvalue weighted by molar-refractivity contribution is 5.98. The van der Waals surface area contributed by atoms with Gasteiger partial charge >= 0.3 is 5.97 Å². The van der Waals surface area contributed by atoms with Crippen LogP contribution in [-0.4, -0.2) is 28.5 Å². The molecule has 7 nitrogen and oxygen atoms in total. The summed E-state index contributed by atoms with van der Waals surface area (Å²) >= 11 is 0. The van der Waals surface area contributed by atoms with E-state index in [2.05, 4.69) is 10.3 Å². The molecule has 5 rings (SSSR count). The summed E-state index contributed by atoms with van der Waals surface area (Å²) in [7, 11) is 0. The predicted molar refractivity (Wildman–Crippen MR) is 107 cm³/mol. The van der Waals surface area contributed by atoms with Gasteiger partial charge in [0.25, 0.3) is 0 Å². The quantitative estimate of drug-likeness (QED) is 0.706. The van der Waals surface area contributed by atoms with E-state index in [1.807, 2.05) is 19.1 Å². The minimum absolute atomic E-state index is 0.0224. The third-order valence-electron chi connectivity index (χ3n) is 5.31. The van der Waals surface area contributed by atoms with Crippen LogP contribution in [0.3, 0.4) is 0 Å². The maximum absolute atomic E-state index is 15.1. The molecule has 3 aromatic rings. The number of halogens is 1. The summed E-state index contributed by atoms with van der Waals surface area (Å²) in [5.74, 6) is -1.86. The van der Waals surface area contributed by atoms with Gasteiger partial charge in [0.1, 0.15) is 17.9 Å². The number of anilines is 2. The van der Waals surface area contributed by atoms with Crippen molar-refractivity contribution in [3.05, 3.63) is 57.6 Å². The van der Waals surface area contributed by atoms with Crippen LogP contribution in [0, 0.1) is 5.82 Å². The topological polar surface area (TPSA) is 92.9 Å². The molecule has 0 radical (unpaired) electrons. The van der Waals surface area contributed by atoms with E-state index in [0.29, 0.717) is 17.6 Å². The number of pyridine rings is 1. The first-order chi connectivity index (χ1) is 14.0. The van der Waals surface area contributed by atoms with Gasteiger partial charge in [-0.05, 0) is 24.6 Å². The second kappa shape index (κ2) is 6.16. The number of aromatic carboxylic acids is 1. The third kappa shape index (κ3) is 2.52. The number of rotatable bonds is 3. The minimum Gasteiger partial charge on any atom is -0.487 e. The Bertz CT molecular complexity index is 1300. The van der Waals surface area contributed by atoms with Gasteiger partial charge in [0, 0.05) is 18.8 Å². The zero-order valence-electron chi connectivity index (χ0n) is 15.4. The number of benzene rings is 2. The zero-order valence-corrected chi connectivity index (χ0v) is 15.4. The number of carbonyl (C=O) groups is 1. The number of hydrogen-bond acceptors (Lipinski definition) is 5. The van der Waals surface area contributed by atoms with Crippen LogP contribution in [0.2, 0.25) is 0 Å². The summed E-state index contributed by atoms with van der Waals surface area (Å²) in [6, 6.07) is 6.47. The van der Waals surface area contributed by atoms with E-state index in [4.69, 9.17) is 4.74 Å². The lowest BCUT2D eigenvalue weighted by Gasteiger charge is -2.28. The summed E-state index contributed by atoms with van der Waals surface area (Å²) < 4.78 is 22.6. The summed E-state index contributed by atoms with van der Waals surface area (Å²) in [4.78, 5) is 28.5. The predicted octanol–water partition coefficient (Wildman–Crippen LogP) is 3.79. The van der Waals surface area contributed by atoms with Crippen molar-refractivity contribution in [1.82, 2.24) is 4.57 Å². The van der Waals surface area contributed by atoms with E-state index in [-0.39, 0.29) is 29.5 Å². The van der Waals surface area contributed by atoms with Gasteiger partial charge in [-0.25, -0.2) is 9.18 Å². The monoisotopic (exact) mass is 393 g/mol. The van der Waals surface area contributed by atoms with Crippen LogP contribution in [-0.2, 0) is 6.42 Å². The van der Waals surface area contributed by atoms with Gasteiger partial charge < -0.3 is 19.7 Å². The van der Waals surface area contributed by atoms with E-state index >= 15 is 4.39 Å². The first kappa shape index (κ1) is 17.4. The van der Waals surface area contributed by atoms with Gasteiger partial charge in [0.15, 0.2) is 11.6 Å². The lowest BCUT2D eigenvalue weighted by Crippen LogP contribution is -2.27. The van der Waals surface area contributed by atoms with Crippen molar-refractivity contribution in [3.63, 3.8) is 0 Å². The highest BCUT2D eigenvalue weighted by atomic mass is 19.1. The highest BCUT2D eigenvalue weighted by Gasteiger charge is 2.28. The Morgan fingerprint density at radius 2 is 2.24 bits per heavy atom. The van der Waals surface area contributed by atoms with Crippen molar-refractivity contribution in [2.75, 3.05) is 11.9 Å². The molecule has 146 valence electrons. The molecule has 3 heterocycles. The lowest BCUT2D eigenvalue weighted by atomic mass is 10.1. The smallest absolute Gasteiger partial charge is 0.341 e. The Balaban J connectivity index is 1.77. The van der Waals surface area contributed by atoms with Gasteiger partial charge in [-0.15, -0.1) is 0 Å². The summed E-state index contributed by atoms with van der Waals surface area (Å²) in [5.41, 5.74) is 1.73. The number of carboxylic acids is 1. The molecule has 1 aromatic heterocycles. The standard InChI is InChI=1S/C21H16FN3O4/c1-10-9-29-20-17(24-15-4-2-3-11-5-6-23-16(11)15)14(22)7-12-18(20)25(10)8-13(19(12)26)21(27)28/h2-4,6-8,10,24H,5,9H2,1H3,(H,27,28)/t10-/m0/s1. The maximum atomic E-state index is 15.1. The molecule has 0 saturated heterocycles. The molecule has 2 aliphatic heterocycles. The van der Waals surface area contributed by atoms with Crippen LogP contribution in [0.4, 0.5) is 21.5 Å². The third-order valence-corrected chi connectivity index (χ3v) is 5.31. The molecule has 2 aromatic carbocycles. The number of fused-ring (bicyclic) bond motifs is 1. The number of nitrogens with one attached hydrogen (secondary N) is 1. The van der Waals surface area contributed by atoms with E-state index in [9.17, 15) is 14.7 Å². The molecule has 0 spiro atoms. The molecule has 2 aliphatic rings. The second-order valence-corrected chi connectivity index (χ2v) is 7.16. The Morgan fingerprint density at radius 3 is 3.03 bits per heavy atom. The Hall–Kier alpha value is -3.68. The normalized spacial score (nSPS) is 16.6. The molecule has 0 amide bonds. The molecule has 1 atom stereocenters. The first-order valence-corrected chi connectivity index (χ1v) is 9.14. The van der Waals surface area contributed by atoms with Crippen molar-refractivity contribution in [1.29, 1.82) is 0 Å². The van der Waals surface area contributed by atoms with Crippen LogP contribution in [0.15, 0.2) is 40.2 Å². The Kier molecular flexibility index (Phi) is 3.70. The number of aromatic nitrogens is 1. The molecular weight excluding hydrogens is 377 g/mol. The summed E-state index contributed by atoms with van der Waals surface area (Å²) in [5, 5.41) is 12.4. The maximum Gasteiger partial charge on any atom is 0.341 e. The molecule has 0 fully saturated rings. The SMILES string of the molecule is C[C@H]1COc2c(Nc3cccc4c3N=CC4)c(F)cc3c(=O)c(C(=O)O)cn1c23. The molecule has 0 unspecified atom stereocenters.